The van der Waals surface area contributed by atoms with Crippen molar-refractivity contribution in [2.24, 2.45) is 0 Å². The zero-order valence-electron chi connectivity index (χ0n) is 7.64. The Balaban J connectivity index is 1.96. The molecule has 11 heavy (non-hydrogen) atoms. The molecule has 1 unspecified atom stereocenters. The molecule has 1 saturated heterocycles. The van der Waals surface area contributed by atoms with Gasteiger partial charge in [0.1, 0.15) is 9.28 Å². The van der Waals surface area contributed by atoms with Crippen molar-refractivity contribution in [3.05, 3.63) is 0 Å². The fraction of sp³-hybridized carbons (Fsp3) is 1.00. The van der Waals surface area contributed by atoms with Crippen LogP contribution in [-0.4, -0.2) is 40.9 Å². The van der Waals surface area contributed by atoms with Gasteiger partial charge in [0.05, 0.1) is 8.31 Å². The normalized spacial score (nSPS) is 31.9. The average Bonchev–Trinajstić information content (AvgIpc) is 2.07. The zero-order chi connectivity index (χ0) is 7.94. The molecule has 0 aromatic heterocycles. The van der Waals surface area contributed by atoms with Gasteiger partial charge in [-0.05, 0) is 0 Å². The molecule has 1 fully saturated rings. The molecule has 1 nitrogen and oxygen atoms in total. The summed E-state index contributed by atoms with van der Waals surface area (Å²) in [7, 11) is 1.19. The van der Waals surface area contributed by atoms with E-state index in [1.807, 2.05) is 0 Å². The first-order valence-electron chi connectivity index (χ1n) is 5.01. The lowest BCUT2D eigenvalue weighted by atomic mass is 10.3. The molecule has 66 valence electrons. The molecule has 5 heteroatoms. The average molecular weight is 221 g/mol. The van der Waals surface area contributed by atoms with E-state index in [0.29, 0.717) is 17.1 Å². The van der Waals surface area contributed by atoms with E-state index >= 15 is 0 Å². The van der Waals surface area contributed by atoms with Crippen LogP contribution < -0.4 is 0 Å². The Hall–Kier alpha value is 0.828. The van der Waals surface area contributed by atoms with Crippen LogP contribution in [0.2, 0.25) is 6.04 Å². The van der Waals surface area contributed by atoms with Crippen molar-refractivity contribution in [3.8, 4) is 0 Å². The minimum atomic E-state index is -0.145. The SMILES string of the molecule is CCCCC[SiH]1CO[SiH2][SiH2][SiH2]1. The van der Waals surface area contributed by atoms with Crippen LogP contribution in [0.1, 0.15) is 26.2 Å². The largest absolute Gasteiger partial charge is 0.432 e. The highest BCUT2D eigenvalue weighted by Crippen LogP contribution is 2.04. The molecule has 1 atom stereocenters. The molecule has 0 N–H and O–H groups in total. The Labute approximate surface area is 77.9 Å². The van der Waals surface area contributed by atoms with E-state index in [9.17, 15) is 0 Å². The van der Waals surface area contributed by atoms with Crippen molar-refractivity contribution >= 4 is 34.7 Å². The summed E-state index contributed by atoms with van der Waals surface area (Å²) < 4.78 is 5.71. The van der Waals surface area contributed by atoms with Gasteiger partial charge in [-0.3, -0.25) is 0 Å². The van der Waals surface area contributed by atoms with E-state index in [2.05, 4.69) is 6.92 Å². The summed E-state index contributed by atoms with van der Waals surface area (Å²) in [5.74, 6) is 0. The Morgan fingerprint density at radius 2 is 2.36 bits per heavy atom. The van der Waals surface area contributed by atoms with Crippen molar-refractivity contribution in [2.45, 2.75) is 32.2 Å². The predicted octanol–water partition coefficient (Wildman–Crippen LogP) is -1.28. The number of hydrogen-bond acceptors (Lipinski definition) is 1. The fourth-order valence-electron chi connectivity index (χ4n) is 1.72. The lowest BCUT2D eigenvalue weighted by Crippen LogP contribution is -2.41. The molecule has 0 spiro atoms. The molecule has 1 aliphatic rings. The molecular formula is C6H20OSi4. The minimum Gasteiger partial charge on any atom is -0.432 e. The van der Waals surface area contributed by atoms with Crippen LogP contribution in [0.3, 0.4) is 0 Å². The topological polar surface area (TPSA) is 9.23 Å². The number of hydrogen-bond donors (Lipinski definition) is 0. The molecule has 0 radical (unpaired) electrons. The summed E-state index contributed by atoms with van der Waals surface area (Å²) in [4.78, 5) is 0. The smallest absolute Gasteiger partial charge is 0.139 e. The van der Waals surface area contributed by atoms with Gasteiger partial charge in [-0.2, -0.15) is 0 Å². The van der Waals surface area contributed by atoms with Crippen molar-refractivity contribution < 1.29 is 4.43 Å². The first-order chi connectivity index (χ1) is 5.43. The van der Waals surface area contributed by atoms with Gasteiger partial charge in [-0.1, -0.05) is 32.2 Å². The Morgan fingerprint density at radius 1 is 1.45 bits per heavy atom. The maximum absolute atomic E-state index is 5.71. The summed E-state index contributed by atoms with van der Waals surface area (Å²) >= 11 is 0. The second kappa shape index (κ2) is 6.36. The van der Waals surface area contributed by atoms with E-state index in [4.69, 9.17) is 4.43 Å². The molecule has 0 aromatic carbocycles. The molecule has 1 rings (SSSR count). The second-order valence-corrected chi connectivity index (χ2v) is 28.4. The van der Waals surface area contributed by atoms with Crippen molar-refractivity contribution in [1.29, 1.82) is 0 Å². The Bertz CT molecular complexity index is 94.6. The van der Waals surface area contributed by atoms with Crippen LogP contribution in [0.15, 0.2) is 0 Å². The van der Waals surface area contributed by atoms with Gasteiger partial charge in [-0.25, -0.2) is 0 Å². The van der Waals surface area contributed by atoms with E-state index in [1.165, 1.54) is 19.1 Å². The summed E-state index contributed by atoms with van der Waals surface area (Å²) in [6.07, 6.45) is 5.75. The fourth-order valence-corrected chi connectivity index (χ4v) is 47.0. The number of unbranched alkanes of at least 4 members (excludes halogenated alkanes) is 2. The molecule has 0 saturated carbocycles. The highest BCUT2D eigenvalue weighted by Gasteiger charge is 2.15. The highest BCUT2D eigenvalue weighted by molar-refractivity contribution is 7.48. The maximum Gasteiger partial charge on any atom is 0.139 e. The van der Waals surface area contributed by atoms with Crippen LogP contribution in [0, 0.1) is 0 Å². The monoisotopic (exact) mass is 220 g/mol. The quantitative estimate of drug-likeness (QED) is 0.424. The molecule has 1 aliphatic heterocycles. The van der Waals surface area contributed by atoms with Crippen molar-refractivity contribution in [1.82, 2.24) is 0 Å². The first kappa shape index (κ1) is 9.91. The van der Waals surface area contributed by atoms with Crippen molar-refractivity contribution in [3.63, 3.8) is 0 Å². The lowest BCUT2D eigenvalue weighted by Gasteiger charge is -2.19. The Morgan fingerprint density at radius 3 is 3.00 bits per heavy atom. The zero-order valence-corrected chi connectivity index (χ0v) is 13.0. The van der Waals surface area contributed by atoms with Crippen LogP contribution >= 0.6 is 0 Å². The summed E-state index contributed by atoms with van der Waals surface area (Å²) in [6, 6.07) is 1.65. The molecule has 0 aliphatic carbocycles. The summed E-state index contributed by atoms with van der Waals surface area (Å²) in [5.41, 5.74) is 0. The van der Waals surface area contributed by atoms with Gasteiger partial charge in [0.25, 0.3) is 0 Å². The third kappa shape index (κ3) is 4.41. The predicted molar refractivity (Wildman–Crippen MR) is 63.1 cm³/mol. The third-order valence-electron chi connectivity index (χ3n) is 2.47. The van der Waals surface area contributed by atoms with Crippen LogP contribution in [0.25, 0.3) is 0 Å². The molecule has 1 heterocycles. The Kier molecular flexibility index (Phi) is 5.73. The standard InChI is InChI=1S/C6H20OSi4/c1-2-3-4-5-11-6-7-8-9-10-11/h11H,2-6,8-10H2,1H3. The summed E-state index contributed by atoms with van der Waals surface area (Å²) in [5, 5.41) is 0. The van der Waals surface area contributed by atoms with E-state index in [0.717, 1.165) is 0 Å². The first-order valence-corrected chi connectivity index (χ1v) is 18.5. The van der Waals surface area contributed by atoms with Crippen molar-refractivity contribution in [2.75, 3.05) is 6.23 Å². The second-order valence-electron chi connectivity index (χ2n) is 3.58. The van der Waals surface area contributed by atoms with Gasteiger partial charge in [0.2, 0.25) is 0 Å². The molecule has 0 amide bonds. The summed E-state index contributed by atoms with van der Waals surface area (Å²) in [6.45, 7) is 2.30. The molecule has 0 bridgehead atoms. The van der Waals surface area contributed by atoms with Crippen LogP contribution in [-0.2, 0) is 4.43 Å². The minimum absolute atomic E-state index is 0.145. The van der Waals surface area contributed by atoms with Crippen LogP contribution in [0.5, 0.6) is 0 Å². The van der Waals surface area contributed by atoms with Gasteiger partial charge in [0.15, 0.2) is 0 Å². The van der Waals surface area contributed by atoms with E-state index < -0.39 is 0 Å². The van der Waals surface area contributed by atoms with Gasteiger partial charge in [0, 0.05) is 23.3 Å². The molecular weight excluding hydrogens is 200 g/mol. The van der Waals surface area contributed by atoms with E-state index in [-0.39, 0.29) is 17.6 Å². The van der Waals surface area contributed by atoms with Gasteiger partial charge >= 0.3 is 0 Å². The van der Waals surface area contributed by atoms with Gasteiger partial charge < -0.3 is 4.43 Å². The van der Waals surface area contributed by atoms with E-state index in [1.54, 1.807) is 12.5 Å². The van der Waals surface area contributed by atoms with Gasteiger partial charge in [-0.15, -0.1) is 0 Å². The highest BCUT2D eigenvalue weighted by atomic mass is 29.7. The van der Waals surface area contributed by atoms with Crippen LogP contribution in [0.4, 0.5) is 0 Å². The molecule has 0 aromatic rings. The number of rotatable bonds is 4. The third-order valence-corrected chi connectivity index (χ3v) is 38.9. The lowest BCUT2D eigenvalue weighted by molar-refractivity contribution is 0.417. The maximum atomic E-state index is 5.71.